The Kier molecular flexibility index (Phi) is 6.92. The standard InChI is InChI=1S/C22H24N2O3/c1-2-23-19-12-13-24-22(16-19)26-15-14-25-20-8-10-21(11-9-20)27-17-18-6-4-3-5-7-18/h3-13,16H,2,14-15,17H2,1H3,(H,23,24). The van der Waals surface area contributed by atoms with Crippen molar-refractivity contribution >= 4 is 5.69 Å². The molecular weight excluding hydrogens is 340 g/mol. The number of hydrogen-bond donors (Lipinski definition) is 1. The van der Waals surface area contributed by atoms with Crippen molar-refractivity contribution in [3.05, 3.63) is 78.5 Å². The van der Waals surface area contributed by atoms with Crippen molar-refractivity contribution in [1.82, 2.24) is 4.98 Å². The van der Waals surface area contributed by atoms with E-state index in [1.807, 2.05) is 73.7 Å². The first-order chi connectivity index (χ1) is 13.3. The van der Waals surface area contributed by atoms with Gasteiger partial charge in [0, 0.05) is 24.5 Å². The molecule has 2 aromatic carbocycles. The minimum absolute atomic E-state index is 0.425. The van der Waals surface area contributed by atoms with Gasteiger partial charge in [-0.05, 0) is 42.8 Å². The summed E-state index contributed by atoms with van der Waals surface area (Å²) in [5.41, 5.74) is 2.14. The van der Waals surface area contributed by atoms with Crippen molar-refractivity contribution < 1.29 is 14.2 Å². The molecule has 0 aliphatic heterocycles. The minimum atomic E-state index is 0.425. The summed E-state index contributed by atoms with van der Waals surface area (Å²) < 4.78 is 17.1. The number of pyridine rings is 1. The fourth-order valence-corrected chi connectivity index (χ4v) is 2.48. The minimum Gasteiger partial charge on any atom is -0.490 e. The fourth-order valence-electron chi connectivity index (χ4n) is 2.48. The Morgan fingerprint density at radius 3 is 2.26 bits per heavy atom. The molecule has 3 aromatic rings. The van der Waals surface area contributed by atoms with E-state index in [9.17, 15) is 0 Å². The molecule has 1 aromatic heterocycles. The molecule has 0 atom stereocenters. The molecule has 1 N–H and O–H groups in total. The molecule has 0 fully saturated rings. The summed E-state index contributed by atoms with van der Waals surface area (Å²) in [5.74, 6) is 2.17. The summed E-state index contributed by atoms with van der Waals surface area (Å²) >= 11 is 0. The summed E-state index contributed by atoms with van der Waals surface area (Å²) in [6.45, 7) is 4.32. The number of ether oxygens (including phenoxy) is 3. The maximum absolute atomic E-state index is 5.77. The van der Waals surface area contributed by atoms with Crippen LogP contribution in [0.4, 0.5) is 5.69 Å². The van der Waals surface area contributed by atoms with E-state index >= 15 is 0 Å². The van der Waals surface area contributed by atoms with Crippen molar-refractivity contribution in [2.75, 3.05) is 25.1 Å². The third-order valence-electron chi connectivity index (χ3n) is 3.79. The van der Waals surface area contributed by atoms with Crippen molar-refractivity contribution in [2.24, 2.45) is 0 Å². The molecule has 27 heavy (non-hydrogen) atoms. The fraction of sp³-hybridized carbons (Fsp3) is 0.227. The van der Waals surface area contributed by atoms with Crippen LogP contribution in [0.5, 0.6) is 17.4 Å². The average Bonchev–Trinajstić information content (AvgIpc) is 2.72. The van der Waals surface area contributed by atoms with Crippen molar-refractivity contribution in [3.8, 4) is 17.4 Å². The first-order valence-corrected chi connectivity index (χ1v) is 9.06. The van der Waals surface area contributed by atoms with E-state index in [-0.39, 0.29) is 0 Å². The molecular formula is C22H24N2O3. The monoisotopic (exact) mass is 364 g/mol. The molecule has 0 bridgehead atoms. The summed E-state index contributed by atoms with van der Waals surface area (Å²) in [5, 5.41) is 3.23. The van der Waals surface area contributed by atoms with Crippen molar-refractivity contribution in [1.29, 1.82) is 0 Å². The maximum atomic E-state index is 5.77. The molecule has 5 nitrogen and oxygen atoms in total. The van der Waals surface area contributed by atoms with E-state index in [4.69, 9.17) is 14.2 Å². The van der Waals surface area contributed by atoms with E-state index in [0.717, 1.165) is 29.3 Å². The number of benzene rings is 2. The highest BCUT2D eigenvalue weighted by Gasteiger charge is 2.00. The SMILES string of the molecule is CCNc1ccnc(OCCOc2ccc(OCc3ccccc3)cc2)c1. The molecule has 5 heteroatoms. The van der Waals surface area contributed by atoms with Gasteiger partial charge in [0.15, 0.2) is 0 Å². The number of rotatable bonds is 10. The molecule has 0 spiro atoms. The van der Waals surface area contributed by atoms with Crippen LogP contribution in [0.15, 0.2) is 72.9 Å². The topological polar surface area (TPSA) is 52.6 Å². The zero-order chi connectivity index (χ0) is 18.7. The smallest absolute Gasteiger partial charge is 0.215 e. The Labute approximate surface area is 159 Å². The van der Waals surface area contributed by atoms with E-state index in [1.54, 1.807) is 6.20 Å². The lowest BCUT2D eigenvalue weighted by atomic mass is 10.2. The van der Waals surface area contributed by atoms with Crippen LogP contribution in [0.3, 0.4) is 0 Å². The van der Waals surface area contributed by atoms with Crippen LogP contribution in [0, 0.1) is 0 Å². The van der Waals surface area contributed by atoms with Crippen LogP contribution in [-0.2, 0) is 6.61 Å². The third-order valence-corrected chi connectivity index (χ3v) is 3.79. The average molecular weight is 364 g/mol. The molecule has 0 saturated carbocycles. The zero-order valence-corrected chi connectivity index (χ0v) is 15.4. The van der Waals surface area contributed by atoms with E-state index in [2.05, 4.69) is 10.3 Å². The van der Waals surface area contributed by atoms with Gasteiger partial charge < -0.3 is 19.5 Å². The molecule has 0 radical (unpaired) electrons. The van der Waals surface area contributed by atoms with Crippen LogP contribution in [-0.4, -0.2) is 24.7 Å². The second-order valence-corrected chi connectivity index (χ2v) is 5.86. The lowest BCUT2D eigenvalue weighted by Crippen LogP contribution is -2.10. The number of anilines is 1. The highest BCUT2D eigenvalue weighted by molar-refractivity contribution is 5.44. The summed E-state index contributed by atoms with van der Waals surface area (Å²) in [4.78, 5) is 4.19. The van der Waals surface area contributed by atoms with Crippen LogP contribution >= 0.6 is 0 Å². The Balaban J connectivity index is 1.39. The number of hydrogen-bond acceptors (Lipinski definition) is 5. The maximum Gasteiger partial charge on any atom is 0.215 e. The van der Waals surface area contributed by atoms with Gasteiger partial charge in [-0.2, -0.15) is 0 Å². The molecule has 0 aliphatic carbocycles. The predicted octanol–water partition coefficient (Wildman–Crippen LogP) is 4.55. The van der Waals surface area contributed by atoms with E-state index < -0.39 is 0 Å². The molecule has 0 amide bonds. The molecule has 0 aliphatic rings. The van der Waals surface area contributed by atoms with Gasteiger partial charge in [0.05, 0.1) is 0 Å². The first kappa shape index (κ1) is 18.6. The molecule has 0 saturated heterocycles. The van der Waals surface area contributed by atoms with Crippen LogP contribution in [0.25, 0.3) is 0 Å². The van der Waals surface area contributed by atoms with Gasteiger partial charge in [-0.1, -0.05) is 30.3 Å². The van der Waals surface area contributed by atoms with Crippen molar-refractivity contribution in [3.63, 3.8) is 0 Å². The van der Waals surface area contributed by atoms with Crippen LogP contribution < -0.4 is 19.5 Å². The number of aromatic nitrogens is 1. The predicted molar refractivity (Wildman–Crippen MR) is 107 cm³/mol. The lowest BCUT2D eigenvalue weighted by molar-refractivity contribution is 0.212. The molecule has 3 rings (SSSR count). The van der Waals surface area contributed by atoms with E-state index in [0.29, 0.717) is 25.7 Å². The van der Waals surface area contributed by atoms with Gasteiger partial charge in [0.2, 0.25) is 5.88 Å². The quantitative estimate of drug-likeness (QED) is 0.535. The number of nitrogens with zero attached hydrogens (tertiary/aromatic N) is 1. The second-order valence-electron chi connectivity index (χ2n) is 5.86. The first-order valence-electron chi connectivity index (χ1n) is 9.06. The van der Waals surface area contributed by atoms with E-state index in [1.165, 1.54) is 0 Å². The zero-order valence-electron chi connectivity index (χ0n) is 15.4. The van der Waals surface area contributed by atoms with Crippen LogP contribution in [0.1, 0.15) is 12.5 Å². The highest BCUT2D eigenvalue weighted by Crippen LogP contribution is 2.19. The third kappa shape index (κ3) is 6.22. The van der Waals surface area contributed by atoms with Gasteiger partial charge >= 0.3 is 0 Å². The van der Waals surface area contributed by atoms with Crippen LogP contribution in [0.2, 0.25) is 0 Å². The Hall–Kier alpha value is -3.21. The molecule has 1 heterocycles. The van der Waals surface area contributed by atoms with Gasteiger partial charge in [0.1, 0.15) is 31.3 Å². The summed E-state index contributed by atoms with van der Waals surface area (Å²) in [7, 11) is 0. The summed E-state index contributed by atoms with van der Waals surface area (Å²) in [6.07, 6.45) is 1.72. The van der Waals surface area contributed by atoms with Gasteiger partial charge in [-0.3, -0.25) is 0 Å². The Morgan fingerprint density at radius 2 is 1.52 bits per heavy atom. The molecule has 140 valence electrons. The summed E-state index contributed by atoms with van der Waals surface area (Å²) in [6, 6.07) is 21.5. The van der Waals surface area contributed by atoms with Gasteiger partial charge in [-0.25, -0.2) is 4.98 Å². The normalized spacial score (nSPS) is 10.3. The largest absolute Gasteiger partial charge is 0.490 e. The number of nitrogens with one attached hydrogen (secondary N) is 1. The lowest BCUT2D eigenvalue weighted by Gasteiger charge is -2.10. The van der Waals surface area contributed by atoms with Gasteiger partial charge in [-0.15, -0.1) is 0 Å². The second kappa shape index (κ2) is 10.1. The highest BCUT2D eigenvalue weighted by atomic mass is 16.5. The Bertz CT molecular complexity index is 807. The van der Waals surface area contributed by atoms with Gasteiger partial charge in [0.25, 0.3) is 0 Å². The Morgan fingerprint density at radius 1 is 0.815 bits per heavy atom. The molecule has 0 unspecified atom stereocenters. The van der Waals surface area contributed by atoms with Crippen molar-refractivity contribution in [2.45, 2.75) is 13.5 Å².